The maximum absolute atomic E-state index is 12.9. The van der Waals surface area contributed by atoms with Crippen LogP contribution in [-0.4, -0.2) is 31.9 Å². The second-order valence-electron chi connectivity index (χ2n) is 6.15. The Morgan fingerprint density at radius 1 is 1.22 bits per heavy atom. The molecule has 1 atom stereocenters. The monoisotopic (exact) mass is 308 g/mol. The van der Waals surface area contributed by atoms with Crippen LogP contribution < -0.4 is 0 Å². The Morgan fingerprint density at radius 2 is 2.09 bits per heavy atom. The van der Waals surface area contributed by atoms with E-state index < -0.39 is 0 Å². The van der Waals surface area contributed by atoms with Crippen LogP contribution in [0.5, 0.6) is 0 Å². The number of amides is 1. The first-order valence-electron chi connectivity index (χ1n) is 8.11. The van der Waals surface area contributed by atoms with Gasteiger partial charge in [-0.2, -0.15) is 0 Å². The number of hydrogen-bond acceptors (Lipinski definition) is 2. The maximum Gasteiger partial charge on any atom is 0.271 e. The van der Waals surface area contributed by atoms with Crippen molar-refractivity contribution in [2.75, 3.05) is 6.54 Å². The highest BCUT2D eigenvalue weighted by atomic mass is 16.2. The number of aryl methyl sites for hydroxylation is 1. The molecule has 1 aliphatic rings. The predicted molar refractivity (Wildman–Crippen MR) is 89.1 cm³/mol. The Bertz CT molecular complexity index is 814. The van der Waals surface area contributed by atoms with E-state index in [4.69, 9.17) is 4.98 Å². The van der Waals surface area contributed by atoms with Crippen LogP contribution in [0.1, 0.15) is 41.6 Å². The standard InChI is InChI=1S/C18H20N4O/c1-21-11-6-10-16(21)18(23)22-12-5-4-9-15(22)17-19-13-7-2-3-8-14(13)20-17/h2-3,6-8,10-11,15H,4-5,9,12H2,1H3,(H,19,20). The highest BCUT2D eigenvalue weighted by Gasteiger charge is 2.31. The molecule has 4 rings (SSSR count). The van der Waals surface area contributed by atoms with Crippen molar-refractivity contribution in [2.24, 2.45) is 7.05 Å². The van der Waals surface area contributed by atoms with Crippen molar-refractivity contribution in [2.45, 2.75) is 25.3 Å². The summed E-state index contributed by atoms with van der Waals surface area (Å²) in [6.07, 6.45) is 5.04. The minimum Gasteiger partial charge on any atom is -0.347 e. The molecule has 1 aromatic carbocycles. The molecule has 118 valence electrons. The fourth-order valence-electron chi connectivity index (χ4n) is 3.42. The van der Waals surface area contributed by atoms with Gasteiger partial charge in [-0.15, -0.1) is 0 Å². The molecule has 1 fully saturated rings. The van der Waals surface area contributed by atoms with Crippen molar-refractivity contribution < 1.29 is 4.79 Å². The molecule has 2 aromatic heterocycles. The Balaban J connectivity index is 1.70. The second-order valence-corrected chi connectivity index (χ2v) is 6.15. The molecular weight excluding hydrogens is 288 g/mol. The molecule has 5 heteroatoms. The predicted octanol–water partition coefficient (Wildman–Crippen LogP) is 3.27. The van der Waals surface area contributed by atoms with Gasteiger partial charge < -0.3 is 14.5 Å². The summed E-state index contributed by atoms with van der Waals surface area (Å²) in [5, 5.41) is 0. The van der Waals surface area contributed by atoms with Gasteiger partial charge in [0.15, 0.2) is 0 Å². The van der Waals surface area contributed by atoms with Crippen LogP contribution in [-0.2, 0) is 7.05 Å². The number of para-hydroxylation sites is 2. The van der Waals surface area contributed by atoms with Gasteiger partial charge in [0.2, 0.25) is 0 Å². The zero-order valence-electron chi connectivity index (χ0n) is 13.2. The molecule has 23 heavy (non-hydrogen) atoms. The number of imidazole rings is 1. The SMILES string of the molecule is Cn1cccc1C(=O)N1CCCCC1c1nc2ccccc2[nH]1. The first-order valence-corrected chi connectivity index (χ1v) is 8.11. The first kappa shape index (κ1) is 14.1. The van der Waals surface area contributed by atoms with Gasteiger partial charge in [-0.3, -0.25) is 4.79 Å². The smallest absolute Gasteiger partial charge is 0.271 e. The number of aromatic nitrogens is 3. The molecule has 1 N–H and O–H groups in total. The van der Waals surface area contributed by atoms with E-state index in [0.717, 1.165) is 48.4 Å². The maximum atomic E-state index is 12.9. The van der Waals surface area contributed by atoms with Crippen LogP contribution in [0.2, 0.25) is 0 Å². The van der Waals surface area contributed by atoms with Crippen LogP contribution in [0.25, 0.3) is 11.0 Å². The molecule has 1 amide bonds. The van der Waals surface area contributed by atoms with Gasteiger partial charge in [0.05, 0.1) is 17.1 Å². The Kier molecular flexibility index (Phi) is 3.41. The van der Waals surface area contributed by atoms with E-state index in [2.05, 4.69) is 4.98 Å². The van der Waals surface area contributed by atoms with Gasteiger partial charge in [0, 0.05) is 19.8 Å². The van der Waals surface area contributed by atoms with Crippen molar-refractivity contribution in [1.29, 1.82) is 0 Å². The number of hydrogen-bond donors (Lipinski definition) is 1. The Hall–Kier alpha value is -2.56. The fourth-order valence-corrected chi connectivity index (χ4v) is 3.42. The summed E-state index contributed by atoms with van der Waals surface area (Å²) in [5.74, 6) is 0.983. The highest BCUT2D eigenvalue weighted by molar-refractivity contribution is 5.93. The molecule has 1 unspecified atom stereocenters. The van der Waals surface area contributed by atoms with Crippen LogP contribution in [0.15, 0.2) is 42.6 Å². The van der Waals surface area contributed by atoms with Crippen LogP contribution in [0.3, 0.4) is 0 Å². The minimum atomic E-state index is 0.0264. The lowest BCUT2D eigenvalue weighted by molar-refractivity contribution is 0.0591. The van der Waals surface area contributed by atoms with Gasteiger partial charge in [0.1, 0.15) is 11.5 Å². The summed E-state index contributed by atoms with van der Waals surface area (Å²) < 4.78 is 1.88. The van der Waals surface area contributed by atoms with E-state index in [0.29, 0.717) is 0 Å². The van der Waals surface area contributed by atoms with E-state index in [1.165, 1.54) is 0 Å². The number of H-pyrrole nitrogens is 1. The Morgan fingerprint density at radius 3 is 2.87 bits per heavy atom. The molecule has 1 aliphatic heterocycles. The van der Waals surface area contributed by atoms with Crippen molar-refractivity contribution in [3.05, 3.63) is 54.1 Å². The number of carbonyl (C=O) groups is 1. The van der Waals surface area contributed by atoms with E-state index in [9.17, 15) is 4.79 Å². The first-order chi connectivity index (χ1) is 11.2. The van der Waals surface area contributed by atoms with Gasteiger partial charge in [-0.05, 0) is 43.5 Å². The molecule has 3 aromatic rings. The molecule has 0 spiro atoms. The minimum absolute atomic E-state index is 0.0264. The molecule has 5 nitrogen and oxygen atoms in total. The summed E-state index contributed by atoms with van der Waals surface area (Å²) in [6, 6.07) is 11.8. The molecule has 1 saturated heterocycles. The molecule has 0 bridgehead atoms. The normalized spacial score (nSPS) is 18.5. The molecule has 0 radical (unpaired) electrons. The topological polar surface area (TPSA) is 53.9 Å². The van der Waals surface area contributed by atoms with Crippen molar-refractivity contribution in [3.63, 3.8) is 0 Å². The average Bonchev–Trinajstić information content (AvgIpc) is 3.20. The molecule has 0 saturated carbocycles. The number of likely N-dealkylation sites (tertiary alicyclic amines) is 1. The van der Waals surface area contributed by atoms with Gasteiger partial charge in [0.25, 0.3) is 5.91 Å². The van der Waals surface area contributed by atoms with Gasteiger partial charge >= 0.3 is 0 Å². The molecular formula is C18H20N4O. The fraction of sp³-hybridized carbons (Fsp3) is 0.333. The number of benzene rings is 1. The number of fused-ring (bicyclic) bond motifs is 1. The quantitative estimate of drug-likeness (QED) is 0.790. The van der Waals surface area contributed by atoms with E-state index >= 15 is 0 Å². The third-order valence-corrected chi connectivity index (χ3v) is 4.65. The zero-order chi connectivity index (χ0) is 15.8. The number of carbonyl (C=O) groups excluding carboxylic acids is 1. The summed E-state index contributed by atoms with van der Waals surface area (Å²) >= 11 is 0. The lowest BCUT2D eigenvalue weighted by Crippen LogP contribution is -2.39. The summed E-state index contributed by atoms with van der Waals surface area (Å²) in [5.41, 5.74) is 2.71. The van der Waals surface area contributed by atoms with E-state index in [-0.39, 0.29) is 11.9 Å². The lowest BCUT2D eigenvalue weighted by atomic mass is 10.0. The van der Waals surface area contributed by atoms with E-state index in [1.807, 2.05) is 59.1 Å². The van der Waals surface area contributed by atoms with Crippen LogP contribution >= 0.6 is 0 Å². The number of nitrogens with one attached hydrogen (secondary N) is 1. The number of piperidine rings is 1. The van der Waals surface area contributed by atoms with Crippen LogP contribution in [0, 0.1) is 0 Å². The van der Waals surface area contributed by atoms with Gasteiger partial charge in [-0.1, -0.05) is 12.1 Å². The summed E-state index contributed by atoms with van der Waals surface area (Å²) in [6.45, 7) is 0.783. The summed E-state index contributed by atoms with van der Waals surface area (Å²) in [7, 11) is 1.91. The third-order valence-electron chi connectivity index (χ3n) is 4.65. The summed E-state index contributed by atoms with van der Waals surface area (Å²) in [4.78, 5) is 23.0. The average molecular weight is 308 g/mol. The van der Waals surface area contributed by atoms with Crippen molar-refractivity contribution in [1.82, 2.24) is 19.4 Å². The zero-order valence-corrected chi connectivity index (χ0v) is 13.2. The second kappa shape index (κ2) is 5.57. The highest BCUT2D eigenvalue weighted by Crippen LogP contribution is 2.31. The van der Waals surface area contributed by atoms with Crippen LogP contribution in [0.4, 0.5) is 0 Å². The number of rotatable bonds is 2. The largest absolute Gasteiger partial charge is 0.347 e. The number of nitrogens with zero attached hydrogens (tertiary/aromatic N) is 3. The lowest BCUT2D eigenvalue weighted by Gasteiger charge is -2.34. The molecule has 0 aliphatic carbocycles. The third kappa shape index (κ3) is 2.42. The van der Waals surface area contributed by atoms with E-state index in [1.54, 1.807) is 0 Å². The molecule has 3 heterocycles. The van der Waals surface area contributed by atoms with Crippen molar-refractivity contribution in [3.8, 4) is 0 Å². The van der Waals surface area contributed by atoms with Gasteiger partial charge in [-0.25, -0.2) is 4.98 Å². The number of aromatic amines is 1. The van der Waals surface area contributed by atoms with Crippen molar-refractivity contribution >= 4 is 16.9 Å². The Labute approximate surface area is 134 Å².